The summed E-state index contributed by atoms with van der Waals surface area (Å²) < 4.78 is 5.23. The topological polar surface area (TPSA) is 45.4 Å². The van der Waals surface area contributed by atoms with Crippen LogP contribution in [0.25, 0.3) is 0 Å². The van der Waals surface area contributed by atoms with Crippen molar-refractivity contribution < 1.29 is 9.52 Å². The minimum Gasteiger partial charge on any atom is -0.467 e. The minimum atomic E-state index is -0.592. The Bertz CT molecular complexity index is 541. The number of aliphatic hydroxyl groups is 1. The number of nitrogens with one attached hydrogen (secondary N) is 1. The van der Waals surface area contributed by atoms with Gasteiger partial charge in [0.2, 0.25) is 0 Å². The largest absolute Gasteiger partial charge is 0.467 e. The van der Waals surface area contributed by atoms with Gasteiger partial charge >= 0.3 is 0 Å². The van der Waals surface area contributed by atoms with E-state index in [2.05, 4.69) is 29.6 Å². The summed E-state index contributed by atoms with van der Waals surface area (Å²) in [6.45, 7) is 0.507. The summed E-state index contributed by atoms with van der Waals surface area (Å²) in [6, 6.07) is 12.5. The van der Waals surface area contributed by atoms with Crippen molar-refractivity contribution in [3.8, 4) is 0 Å². The number of thioether (sulfide) groups is 1. The molecule has 0 amide bonds. The van der Waals surface area contributed by atoms with Crippen molar-refractivity contribution in [3.05, 3.63) is 59.5 Å². The highest BCUT2D eigenvalue weighted by molar-refractivity contribution is 7.99. The van der Waals surface area contributed by atoms with E-state index in [0.29, 0.717) is 18.3 Å². The molecule has 2 unspecified atom stereocenters. The standard InChI is InChI=1S/C16H19NO2S/c18-15(16-6-3-8-19-16)10-17-14-11-20-9-7-12-4-1-2-5-13(12)14/h1-6,8,14-15,17-18H,7,9-11H2. The first-order chi connectivity index (χ1) is 9.84. The van der Waals surface area contributed by atoms with Crippen LogP contribution >= 0.6 is 11.8 Å². The van der Waals surface area contributed by atoms with Crippen molar-refractivity contribution in [3.63, 3.8) is 0 Å². The van der Waals surface area contributed by atoms with Crippen LogP contribution < -0.4 is 5.32 Å². The minimum absolute atomic E-state index is 0.295. The highest BCUT2D eigenvalue weighted by Gasteiger charge is 2.20. The van der Waals surface area contributed by atoms with E-state index in [1.54, 1.807) is 12.3 Å². The lowest BCUT2D eigenvalue weighted by molar-refractivity contribution is 0.144. The maximum Gasteiger partial charge on any atom is 0.133 e. The van der Waals surface area contributed by atoms with Crippen LogP contribution in [-0.4, -0.2) is 23.2 Å². The van der Waals surface area contributed by atoms with Gasteiger partial charge in [0.15, 0.2) is 0 Å². The van der Waals surface area contributed by atoms with Crippen LogP contribution in [0.5, 0.6) is 0 Å². The number of furan rings is 1. The van der Waals surface area contributed by atoms with Crippen LogP contribution in [0.15, 0.2) is 47.1 Å². The lowest BCUT2D eigenvalue weighted by atomic mass is 9.99. The van der Waals surface area contributed by atoms with Crippen molar-refractivity contribution in [2.45, 2.75) is 18.6 Å². The zero-order chi connectivity index (χ0) is 13.8. The third-order valence-corrected chi connectivity index (χ3v) is 4.72. The Morgan fingerprint density at radius 2 is 2.20 bits per heavy atom. The first-order valence-electron chi connectivity index (χ1n) is 6.95. The Morgan fingerprint density at radius 3 is 3.05 bits per heavy atom. The van der Waals surface area contributed by atoms with Crippen molar-refractivity contribution in [1.29, 1.82) is 0 Å². The summed E-state index contributed by atoms with van der Waals surface area (Å²) in [7, 11) is 0. The Hall–Kier alpha value is -1.23. The number of hydrogen-bond acceptors (Lipinski definition) is 4. The molecule has 1 aromatic carbocycles. The van der Waals surface area contributed by atoms with Crippen molar-refractivity contribution >= 4 is 11.8 Å². The molecule has 1 aliphatic rings. The molecule has 0 saturated carbocycles. The number of aryl methyl sites for hydroxylation is 1. The average molecular weight is 289 g/mol. The van der Waals surface area contributed by atoms with Crippen LogP contribution in [0.3, 0.4) is 0 Å². The highest BCUT2D eigenvalue weighted by Crippen LogP contribution is 2.27. The Kier molecular flexibility index (Phi) is 4.45. The SMILES string of the molecule is OC(CNC1CSCCc2ccccc21)c1ccco1. The van der Waals surface area contributed by atoms with E-state index >= 15 is 0 Å². The van der Waals surface area contributed by atoms with E-state index in [4.69, 9.17) is 4.42 Å². The molecule has 0 aliphatic carbocycles. The number of benzene rings is 1. The van der Waals surface area contributed by atoms with Crippen LogP contribution in [0, 0.1) is 0 Å². The molecule has 20 heavy (non-hydrogen) atoms. The fraction of sp³-hybridized carbons (Fsp3) is 0.375. The fourth-order valence-electron chi connectivity index (χ4n) is 2.58. The highest BCUT2D eigenvalue weighted by atomic mass is 32.2. The Morgan fingerprint density at radius 1 is 1.30 bits per heavy atom. The summed E-state index contributed by atoms with van der Waals surface area (Å²) in [6.07, 6.45) is 2.13. The van der Waals surface area contributed by atoms with Gasteiger partial charge < -0.3 is 14.8 Å². The van der Waals surface area contributed by atoms with Crippen LogP contribution in [-0.2, 0) is 6.42 Å². The smallest absolute Gasteiger partial charge is 0.133 e. The van der Waals surface area contributed by atoms with Gasteiger partial charge in [-0.25, -0.2) is 0 Å². The molecule has 0 bridgehead atoms. The molecule has 1 aliphatic heterocycles. The third kappa shape index (κ3) is 3.08. The lowest BCUT2D eigenvalue weighted by Crippen LogP contribution is -2.28. The normalized spacial score (nSPS) is 20.1. The average Bonchev–Trinajstić information content (AvgIpc) is 2.93. The van der Waals surface area contributed by atoms with Crippen molar-refractivity contribution in [2.24, 2.45) is 0 Å². The third-order valence-electron chi connectivity index (χ3n) is 3.66. The first kappa shape index (κ1) is 13.7. The zero-order valence-corrected chi connectivity index (χ0v) is 12.1. The Labute approximate surface area is 123 Å². The number of hydrogen-bond donors (Lipinski definition) is 2. The molecule has 4 heteroatoms. The molecular formula is C16H19NO2S. The number of rotatable bonds is 4. The summed E-state index contributed by atoms with van der Waals surface area (Å²) in [4.78, 5) is 0. The van der Waals surface area contributed by atoms with E-state index in [1.165, 1.54) is 11.1 Å². The van der Waals surface area contributed by atoms with Crippen LogP contribution in [0.4, 0.5) is 0 Å². The molecule has 1 aromatic heterocycles. The molecule has 0 radical (unpaired) electrons. The predicted octanol–water partition coefficient (Wildman–Crippen LogP) is 2.93. The van der Waals surface area contributed by atoms with Crippen LogP contribution in [0.2, 0.25) is 0 Å². The predicted molar refractivity (Wildman–Crippen MR) is 81.9 cm³/mol. The molecular weight excluding hydrogens is 270 g/mol. The van der Waals surface area contributed by atoms with Gasteiger partial charge in [-0.3, -0.25) is 0 Å². The van der Waals surface area contributed by atoms with Gasteiger partial charge in [0.1, 0.15) is 11.9 Å². The molecule has 0 spiro atoms. The van der Waals surface area contributed by atoms with Gasteiger partial charge in [-0.2, -0.15) is 11.8 Å². The molecule has 3 nitrogen and oxygen atoms in total. The summed E-state index contributed by atoms with van der Waals surface area (Å²) in [5.74, 6) is 2.82. The molecule has 2 aromatic rings. The van der Waals surface area contributed by atoms with Gasteiger partial charge in [-0.05, 0) is 35.4 Å². The lowest BCUT2D eigenvalue weighted by Gasteiger charge is -2.20. The van der Waals surface area contributed by atoms with E-state index in [-0.39, 0.29) is 0 Å². The quantitative estimate of drug-likeness (QED) is 0.908. The second kappa shape index (κ2) is 6.48. The van der Waals surface area contributed by atoms with Crippen molar-refractivity contribution in [1.82, 2.24) is 5.32 Å². The monoisotopic (exact) mass is 289 g/mol. The number of fused-ring (bicyclic) bond motifs is 1. The molecule has 0 fully saturated rings. The fourth-order valence-corrected chi connectivity index (χ4v) is 3.64. The van der Waals surface area contributed by atoms with Gasteiger partial charge in [-0.15, -0.1) is 0 Å². The molecule has 106 valence electrons. The maximum absolute atomic E-state index is 10.1. The van der Waals surface area contributed by atoms with Gasteiger partial charge in [0, 0.05) is 18.3 Å². The molecule has 2 heterocycles. The second-order valence-corrected chi connectivity index (χ2v) is 6.17. The van der Waals surface area contributed by atoms with Gasteiger partial charge in [0.05, 0.1) is 6.26 Å². The summed E-state index contributed by atoms with van der Waals surface area (Å²) in [5.41, 5.74) is 2.78. The maximum atomic E-state index is 10.1. The summed E-state index contributed by atoms with van der Waals surface area (Å²) in [5, 5.41) is 13.6. The zero-order valence-electron chi connectivity index (χ0n) is 11.3. The number of aliphatic hydroxyl groups excluding tert-OH is 1. The molecule has 2 atom stereocenters. The first-order valence-corrected chi connectivity index (χ1v) is 8.10. The van der Waals surface area contributed by atoms with E-state index in [1.807, 2.05) is 17.8 Å². The van der Waals surface area contributed by atoms with Gasteiger partial charge in [-0.1, -0.05) is 24.3 Å². The van der Waals surface area contributed by atoms with E-state index in [9.17, 15) is 5.11 Å². The summed E-state index contributed by atoms with van der Waals surface area (Å²) >= 11 is 1.96. The van der Waals surface area contributed by atoms with E-state index < -0.39 is 6.10 Å². The second-order valence-electron chi connectivity index (χ2n) is 5.02. The van der Waals surface area contributed by atoms with Crippen molar-refractivity contribution in [2.75, 3.05) is 18.1 Å². The molecule has 0 saturated heterocycles. The van der Waals surface area contributed by atoms with Gasteiger partial charge in [0.25, 0.3) is 0 Å². The van der Waals surface area contributed by atoms with E-state index in [0.717, 1.165) is 17.9 Å². The van der Waals surface area contributed by atoms with Crippen LogP contribution in [0.1, 0.15) is 29.0 Å². The molecule has 3 rings (SSSR count). The molecule has 2 N–H and O–H groups in total. The Balaban J connectivity index is 1.68.